The van der Waals surface area contributed by atoms with Crippen molar-refractivity contribution in [2.75, 3.05) is 46.2 Å². The van der Waals surface area contributed by atoms with Gasteiger partial charge in [0.15, 0.2) is 11.6 Å². The lowest BCUT2D eigenvalue weighted by atomic mass is 9.89. The van der Waals surface area contributed by atoms with Gasteiger partial charge >= 0.3 is 28.7 Å². The van der Waals surface area contributed by atoms with E-state index in [1.165, 1.54) is 20.8 Å². The average Bonchev–Trinajstić information content (AvgIpc) is 2.84. The third-order valence-corrected chi connectivity index (χ3v) is 7.12. The number of hydrogen-bond acceptors (Lipinski definition) is 10. The molecular weight excluding hydrogens is 616 g/mol. The van der Waals surface area contributed by atoms with Crippen molar-refractivity contribution in [3.8, 4) is 0 Å². The summed E-state index contributed by atoms with van der Waals surface area (Å²) >= 11 is 1.61. The van der Waals surface area contributed by atoms with Gasteiger partial charge in [-0.25, -0.2) is 0 Å². The molecule has 40 heavy (non-hydrogen) atoms. The second-order valence-electron chi connectivity index (χ2n) is 11.9. The van der Waals surface area contributed by atoms with Crippen LogP contribution in [0.4, 0.5) is 17.6 Å². The van der Waals surface area contributed by atoms with Crippen LogP contribution in [0.5, 0.6) is 0 Å². The molecule has 15 heteroatoms. The predicted octanol–water partition coefficient (Wildman–Crippen LogP) is 4.21. The number of halogens is 5. The summed E-state index contributed by atoms with van der Waals surface area (Å²) in [6.45, 7) is 8.21. The Kier molecular flexibility index (Phi) is 10.4. The van der Waals surface area contributed by atoms with Crippen LogP contribution in [0.15, 0.2) is 0 Å². The van der Waals surface area contributed by atoms with Gasteiger partial charge in [0.2, 0.25) is 0 Å². The van der Waals surface area contributed by atoms with Crippen LogP contribution in [0.2, 0.25) is 0 Å². The monoisotopic (exact) mass is 652 g/mol. The summed E-state index contributed by atoms with van der Waals surface area (Å²) in [5.41, 5.74) is -4.37. The highest BCUT2D eigenvalue weighted by Gasteiger charge is 2.54. The Hall–Kier alpha value is -1.55. The topological polar surface area (TPSA) is 116 Å². The molecule has 0 spiro atoms. The number of ether oxygens (including phenoxy) is 7. The van der Waals surface area contributed by atoms with Gasteiger partial charge in [-0.1, -0.05) is 0 Å². The summed E-state index contributed by atoms with van der Waals surface area (Å²) in [6, 6.07) is 0. The van der Waals surface area contributed by atoms with Gasteiger partial charge in [-0.3, -0.25) is 14.4 Å². The van der Waals surface area contributed by atoms with Crippen molar-refractivity contribution in [1.29, 1.82) is 0 Å². The third-order valence-electron chi connectivity index (χ3n) is 6.54. The minimum absolute atomic E-state index is 0.0560. The second kappa shape index (κ2) is 12.0. The SMILES string of the molecule is CC1(C)OCC(C)(C(=O)OCC(C)(COC(=O)C2(C)COC(C)(C)OC2)C(=O)OCCC(F)(F)C(F)(F)Br)CO1. The van der Waals surface area contributed by atoms with Crippen LogP contribution in [0.3, 0.4) is 0 Å². The molecule has 0 aliphatic carbocycles. The van der Waals surface area contributed by atoms with Gasteiger partial charge in [-0.05, 0) is 64.4 Å². The van der Waals surface area contributed by atoms with Crippen molar-refractivity contribution in [3.05, 3.63) is 0 Å². The van der Waals surface area contributed by atoms with Gasteiger partial charge < -0.3 is 33.2 Å². The molecule has 2 rings (SSSR count). The lowest BCUT2D eigenvalue weighted by molar-refractivity contribution is -0.282. The van der Waals surface area contributed by atoms with E-state index in [9.17, 15) is 31.9 Å². The van der Waals surface area contributed by atoms with Gasteiger partial charge in [0.25, 0.3) is 0 Å². The molecule has 0 bridgehead atoms. The summed E-state index contributed by atoms with van der Waals surface area (Å²) < 4.78 is 91.0. The van der Waals surface area contributed by atoms with Crippen molar-refractivity contribution in [2.24, 2.45) is 16.2 Å². The van der Waals surface area contributed by atoms with Crippen LogP contribution in [-0.2, 0) is 47.5 Å². The Morgan fingerprint density at radius 3 is 1.40 bits per heavy atom. The highest BCUT2D eigenvalue weighted by Crippen LogP contribution is 2.42. The highest BCUT2D eigenvalue weighted by molar-refractivity contribution is 9.10. The van der Waals surface area contributed by atoms with Gasteiger partial charge in [0.1, 0.15) is 29.5 Å². The zero-order chi connectivity index (χ0) is 30.8. The Bertz CT molecular complexity index is 880. The van der Waals surface area contributed by atoms with Gasteiger partial charge in [0, 0.05) is 0 Å². The van der Waals surface area contributed by atoms with E-state index in [4.69, 9.17) is 33.2 Å². The lowest BCUT2D eigenvalue weighted by Crippen LogP contribution is -2.51. The van der Waals surface area contributed by atoms with E-state index in [0.717, 1.165) is 0 Å². The van der Waals surface area contributed by atoms with Gasteiger partial charge in [0.05, 0.1) is 39.5 Å². The number of carbonyl (C=O) groups is 3. The Morgan fingerprint density at radius 2 is 1.07 bits per heavy atom. The van der Waals surface area contributed by atoms with E-state index < -0.39 is 82.7 Å². The first kappa shape index (κ1) is 34.7. The van der Waals surface area contributed by atoms with Crippen LogP contribution in [0.25, 0.3) is 0 Å². The number of rotatable bonds is 11. The molecular formula is C25H37BrF4O10. The van der Waals surface area contributed by atoms with Crippen molar-refractivity contribution in [2.45, 2.75) is 77.2 Å². The van der Waals surface area contributed by atoms with Crippen LogP contribution in [-0.4, -0.2) is 86.5 Å². The summed E-state index contributed by atoms with van der Waals surface area (Å²) in [7, 11) is 0. The molecule has 0 aromatic rings. The number of hydrogen-bond donors (Lipinski definition) is 0. The van der Waals surface area contributed by atoms with Gasteiger partial charge in [-0.15, -0.1) is 0 Å². The summed E-state index contributed by atoms with van der Waals surface area (Å²) in [4.78, 5) is 34.2. The molecule has 0 unspecified atom stereocenters. The zero-order valence-corrected chi connectivity index (χ0v) is 25.2. The van der Waals surface area contributed by atoms with E-state index in [1.807, 2.05) is 0 Å². The smallest absolute Gasteiger partial charge is 0.363 e. The van der Waals surface area contributed by atoms with Crippen LogP contribution in [0.1, 0.15) is 54.9 Å². The van der Waals surface area contributed by atoms with E-state index in [2.05, 4.69) is 0 Å². The zero-order valence-electron chi connectivity index (χ0n) is 23.6. The maximum absolute atomic E-state index is 13.6. The van der Waals surface area contributed by atoms with E-state index >= 15 is 0 Å². The minimum Gasteiger partial charge on any atom is -0.465 e. The summed E-state index contributed by atoms with van der Waals surface area (Å²) in [5.74, 6) is -9.18. The highest BCUT2D eigenvalue weighted by atomic mass is 79.9. The molecule has 0 aromatic carbocycles. The van der Waals surface area contributed by atoms with Crippen molar-refractivity contribution < 1.29 is 65.1 Å². The van der Waals surface area contributed by atoms with Crippen LogP contribution < -0.4 is 0 Å². The second-order valence-corrected chi connectivity index (χ2v) is 12.9. The molecule has 2 fully saturated rings. The molecule has 0 saturated carbocycles. The largest absolute Gasteiger partial charge is 0.465 e. The first-order valence-electron chi connectivity index (χ1n) is 12.5. The Morgan fingerprint density at radius 1 is 0.725 bits per heavy atom. The van der Waals surface area contributed by atoms with E-state index in [-0.39, 0.29) is 26.4 Å². The van der Waals surface area contributed by atoms with E-state index in [0.29, 0.717) is 0 Å². The fourth-order valence-corrected chi connectivity index (χ4v) is 3.48. The number of alkyl halides is 5. The van der Waals surface area contributed by atoms with Crippen LogP contribution in [0, 0.1) is 16.2 Å². The van der Waals surface area contributed by atoms with E-state index in [1.54, 1.807) is 43.6 Å². The predicted molar refractivity (Wildman–Crippen MR) is 133 cm³/mol. The quantitative estimate of drug-likeness (QED) is 0.139. The molecule has 0 atom stereocenters. The molecule has 232 valence electrons. The van der Waals surface area contributed by atoms with Crippen molar-refractivity contribution >= 4 is 33.8 Å². The molecule has 0 amide bonds. The molecule has 2 heterocycles. The molecule has 2 aliphatic rings. The first-order chi connectivity index (χ1) is 18.0. The fourth-order valence-electron chi connectivity index (χ4n) is 3.28. The normalized spacial score (nSPS) is 22.2. The van der Waals surface area contributed by atoms with Crippen molar-refractivity contribution in [1.82, 2.24) is 0 Å². The summed E-state index contributed by atoms with van der Waals surface area (Å²) in [5, 5.41) is 0. The molecule has 10 nitrogen and oxygen atoms in total. The molecule has 0 N–H and O–H groups in total. The van der Waals surface area contributed by atoms with Gasteiger partial charge in [-0.2, -0.15) is 17.6 Å². The first-order valence-corrected chi connectivity index (χ1v) is 13.3. The maximum Gasteiger partial charge on any atom is 0.363 e. The maximum atomic E-state index is 13.6. The Labute approximate surface area is 238 Å². The third kappa shape index (κ3) is 8.73. The lowest BCUT2D eigenvalue weighted by Gasteiger charge is -2.40. The Balaban J connectivity index is 2.12. The van der Waals surface area contributed by atoms with Crippen molar-refractivity contribution in [3.63, 3.8) is 0 Å². The summed E-state index contributed by atoms with van der Waals surface area (Å²) in [6.07, 6.45) is -1.50. The molecule has 0 aromatic heterocycles. The molecule has 0 radical (unpaired) electrons. The number of esters is 3. The molecule has 2 saturated heterocycles. The fraction of sp³-hybridized carbons (Fsp3) is 0.880. The standard InChI is InChI=1S/C25H37BrF4O10/c1-19(2)37-12-22(6,13-38-19)17(32)35-10-21(5,16(31)34-9-8-24(27,28)25(26,29)30)11-36-18(33)23(7)14-39-20(3,4)40-15-23/h8-15H2,1-7H3. The van der Waals surface area contributed by atoms with Crippen LogP contribution >= 0.6 is 15.9 Å². The number of carbonyl (C=O) groups excluding carboxylic acids is 3. The average molecular weight is 653 g/mol. The molecule has 2 aliphatic heterocycles. The minimum atomic E-state index is -4.52.